The van der Waals surface area contributed by atoms with Gasteiger partial charge in [0.1, 0.15) is 0 Å². The first-order valence-electron chi connectivity index (χ1n) is 8.89. The molecule has 140 valence electrons. The van der Waals surface area contributed by atoms with Gasteiger partial charge in [-0.05, 0) is 36.4 Å². The zero-order valence-electron chi connectivity index (χ0n) is 15.1. The minimum Gasteiger partial charge on any atom is -0.368 e. The van der Waals surface area contributed by atoms with Gasteiger partial charge in [-0.1, -0.05) is 18.2 Å². The average Bonchev–Trinajstić information content (AvgIpc) is 3.13. The van der Waals surface area contributed by atoms with Crippen LogP contribution in [0.1, 0.15) is 6.92 Å². The minimum atomic E-state index is -3.62. The smallest absolute Gasteiger partial charge is 0.268 e. The lowest BCUT2D eigenvalue weighted by atomic mass is 10.2. The molecule has 1 fully saturated rings. The molecule has 3 aromatic rings. The molecule has 1 amide bonds. The number of aromatic nitrogens is 1. The molecule has 1 aliphatic rings. The van der Waals surface area contributed by atoms with Crippen molar-refractivity contribution in [2.45, 2.75) is 11.8 Å². The van der Waals surface area contributed by atoms with E-state index in [1.54, 1.807) is 43.5 Å². The third-order valence-electron chi connectivity index (χ3n) is 5.03. The highest BCUT2D eigenvalue weighted by molar-refractivity contribution is 7.90. The second-order valence-corrected chi connectivity index (χ2v) is 8.48. The van der Waals surface area contributed by atoms with Crippen molar-refractivity contribution < 1.29 is 13.2 Å². The Morgan fingerprint density at radius 2 is 1.63 bits per heavy atom. The van der Waals surface area contributed by atoms with Crippen LogP contribution in [0.5, 0.6) is 0 Å². The van der Waals surface area contributed by atoms with E-state index < -0.39 is 10.0 Å². The van der Waals surface area contributed by atoms with Crippen LogP contribution in [0.2, 0.25) is 0 Å². The topological polar surface area (TPSA) is 62.6 Å². The Morgan fingerprint density at radius 1 is 0.926 bits per heavy atom. The highest BCUT2D eigenvalue weighted by Gasteiger charge is 2.21. The molecule has 0 saturated carbocycles. The maximum atomic E-state index is 12.9. The summed E-state index contributed by atoms with van der Waals surface area (Å²) in [6, 6.07) is 16.1. The van der Waals surface area contributed by atoms with E-state index in [0.717, 1.165) is 24.2 Å². The lowest BCUT2D eigenvalue weighted by Gasteiger charge is -2.35. The molecule has 2 heterocycles. The van der Waals surface area contributed by atoms with E-state index in [1.165, 1.54) is 3.97 Å². The van der Waals surface area contributed by atoms with Crippen molar-refractivity contribution >= 4 is 32.5 Å². The summed E-state index contributed by atoms with van der Waals surface area (Å²) in [7, 11) is -3.62. The van der Waals surface area contributed by atoms with Gasteiger partial charge in [-0.2, -0.15) is 0 Å². The molecular weight excluding hydrogens is 362 g/mol. The fraction of sp³-hybridized carbons (Fsp3) is 0.250. The van der Waals surface area contributed by atoms with Gasteiger partial charge in [0.05, 0.1) is 10.4 Å². The van der Waals surface area contributed by atoms with Crippen LogP contribution in [-0.2, 0) is 14.8 Å². The van der Waals surface area contributed by atoms with Crippen molar-refractivity contribution in [1.82, 2.24) is 8.87 Å². The number of carbonyl (C=O) groups excluding carboxylic acids is 1. The van der Waals surface area contributed by atoms with Crippen LogP contribution in [0.4, 0.5) is 5.69 Å². The van der Waals surface area contributed by atoms with Crippen molar-refractivity contribution in [1.29, 1.82) is 0 Å². The van der Waals surface area contributed by atoms with E-state index >= 15 is 0 Å². The van der Waals surface area contributed by atoms with Crippen LogP contribution in [0.15, 0.2) is 65.7 Å². The number of fused-ring (bicyclic) bond motifs is 1. The lowest BCUT2D eigenvalue weighted by molar-refractivity contribution is -0.129. The Morgan fingerprint density at radius 3 is 2.30 bits per heavy atom. The zero-order chi connectivity index (χ0) is 19.0. The third-order valence-corrected chi connectivity index (χ3v) is 6.73. The lowest BCUT2D eigenvalue weighted by Crippen LogP contribution is -2.48. The van der Waals surface area contributed by atoms with Crippen LogP contribution >= 0.6 is 0 Å². The number of benzene rings is 2. The molecule has 1 aliphatic heterocycles. The number of hydrogen-bond donors (Lipinski definition) is 0. The molecule has 7 heteroatoms. The molecule has 4 rings (SSSR count). The van der Waals surface area contributed by atoms with E-state index in [2.05, 4.69) is 4.90 Å². The Balaban J connectivity index is 1.64. The van der Waals surface area contributed by atoms with E-state index in [-0.39, 0.29) is 10.8 Å². The first-order chi connectivity index (χ1) is 13.0. The maximum absolute atomic E-state index is 12.9. The summed E-state index contributed by atoms with van der Waals surface area (Å²) in [6.07, 6.45) is 1.60. The molecule has 1 aromatic heterocycles. The number of anilines is 1. The molecule has 0 radical (unpaired) electrons. The van der Waals surface area contributed by atoms with Gasteiger partial charge in [-0.15, -0.1) is 0 Å². The first kappa shape index (κ1) is 17.6. The molecular formula is C20H21N3O3S. The fourth-order valence-electron chi connectivity index (χ4n) is 3.50. The summed E-state index contributed by atoms with van der Waals surface area (Å²) in [4.78, 5) is 15.8. The molecule has 27 heavy (non-hydrogen) atoms. The van der Waals surface area contributed by atoms with Crippen molar-refractivity contribution in [3.63, 3.8) is 0 Å². The Bertz CT molecular complexity index is 1080. The van der Waals surface area contributed by atoms with Gasteiger partial charge in [0.25, 0.3) is 10.0 Å². The maximum Gasteiger partial charge on any atom is 0.268 e. The van der Waals surface area contributed by atoms with Crippen LogP contribution in [-0.4, -0.2) is 49.4 Å². The number of carbonyl (C=O) groups is 1. The summed E-state index contributed by atoms with van der Waals surface area (Å²) in [6.45, 7) is 4.55. The predicted octanol–water partition coefficient (Wildman–Crippen LogP) is 2.55. The molecule has 0 bridgehead atoms. The standard InChI is InChI=1S/C20H21N3O3S/c1-16(24)21-11-13-22(14-12-21)18-7-8-20-17(15-18)9-10-23(20)27(25,26)19-5-3-2-4-6-19/h2-10,15H,11-14H2,1H3. The monoisotopic (exact) mass is 383 g/mol. The predicted molar refractivity (Wildman–Crippen MR) is 105 cm³/mol. The van der Waals surface area contributed by atoms with Crippen LogP contribution < -0.4 is 4.90 Å². The highest BCUT2D eigenvalue weighted by atomic mass is 32.2. The average molecular weight is 383 g/mol. The number of nitrogens with zero attached hydrogens (tertiary/aromatic N) is 3. The summed E-state index contributed by atoms with van der Waals surface area (Å²) < 4.78 is 27.1. The van der Waals surface area contributed by atoms with Gasteiger partial charge in [0.15, 0.2) is 0 Å². The van der Waals surface area contributed by atoms with Crippen LogP contribution in [0.25, 0.3) is 10.9 Å². The fourth-order valence-corrected chi connectivity index (χ4v) is 4.87. The number of amides is 1. The number of hydrogen-bond acceptors (Lipinski definition) is 4. The second-order valence-electron chi connectivity index (χ2n) is 6.67. The molecule has 6 nitrogen and oxygen atoms in total. The second kappa shape index (κ2) is 6.74. The quantitative estimate of drug-likeness (QED) is 0.697. The van der Waals surface area contributed by atoms with Gasteiger partial charge < -0.3 is 9.80 Å². The minimum absolute atomic E-state index is 0.105. The molecule has 2 aromatic carbocycles. The summed E-state index contributed by atoms with van der Waals surface area (Å²) >= 11 is 0. The molecule has 0 aliphatic carbocycles. The van der Waals surface area contributed by atoms with Crippen LogP contribution in [0.3, 0.4) is 0 Å². The van der Waals surface area contributed by atoms with Gasteiger partial charge in [-0.25, -0.2) is 12.4 Å². The normalized spacial score (nSPS) is 15.3. The highest BCUT2D eigenvalue weighted by Crippen LogP contribution is 2.27. The molecule has 0 spiro atoms. The van der Waals surface area contributed by atoms with Crippen molar-refractivity contribution in [2.24, 2.45) is 0 Å². The largest absolute Gasteiger partial charge is 0.368 e. The first-order valence-corrected chi connectivity index (χ1v) is 10.3. The molecule has 1 saturated heterocycles. The van der Waals surface area contributed by atoms with Gasteiger partial charge in [0.2, 0.25) is 5.91 Å². The number of piperazine rings is 1. The Hall–Kier alpha value is -2.80. The van der Waals surface area contributed by atoms with Crippen molar-refractivity contribution in [3.8, 4) is 0 Å². The number of rotatable bonds is 3. The summed E-state index contributed by atoms with van der Waals surface area (Å²) in [5.41, 5.74) is 1.70. The summed E-state index contributed by atoms with van der Waals surface area (Å²) in [5, 5.41) is 0.876. The van der Waals surface area contributed by atoms with E-state index in [0.29, 0.717) is 18.6 Å². The van der Waals surface area contributed by atoms with Crippen molar-refractivity contribution in [3.05, 3.63) is 60.8 Å². The zero-order valence-corrected chi connectivity index (χ0v) is 15.9. The molecule has 0 atom stereocenters. The Labute approximate surface area is 158 Å². The van der Waals surface area contributed by atoms with E-state index in [9.17, 15) is 13.2 Å². The van der Waals surface area contributed by atoms with Gasteiger partial charge >= 0.3 is 0 Å². The summed E-state index contributed by atoms with van der Waals surface area (Å²) in [5.74, 6) is 0.105. The third kappa shape index (κ3) is 3.19. The van der Waals surface area contributed by atoms with Gasteiger partial charge in [-0.3, -0.25) is 4.79 Å². The van der Waals surface area contributed by atoms with Crippen LogP contribution in [0, 0.1) is 0 Å². The molecule has 0 unspecified atom stereocenters. The Kier molecular flexibility index (Phi) is 4.39. The SMILES string of the molecule is CC(=O)N1CCN(c2ccc3c(ccn3S(=O)(=O)c3ccccc3)c2)CC1. The van der Waals surface area contributed by atoms with Gasteiger partial charge in [0, 0.05) is 50.4 Å². The van der Waals surface area contributed by atoms with E-state index in [4.69, 9.17) is 0 Å². The van der Waals surface area contributed by atoms with E-state index in [1.807, 2.05) is 29.2 Å². The molecule has 0 N–H and O–H groups in total. The van der Waals surface area contributed by atoms with Crippen molar-refractivity contribution in [2.75, 3.05) is 31.1 Å².